The maximum absolute atomic E-state index is 12.2. The minimum atomic E-state index is -0.382. The van der Waals surface area contributed by atoms with Crippen LogP contribution >= 0.6 is 0 Å². The van der Waals surface area contributed by atoms with Crippen molar-refractivity contribution in [2.75, 3.05) is 13.7 Å². The molecule has 0 bridgehead atoms. The Morgan fingerprint density at radius 1 is 1.43 bits per heavy atom. The summed E-state index contributed by atoms with van der Waals surface area (Å²) in [6.45, 7) is 2.02. The molecule has 0 saturated carbocycles. The molecule has 2 rings (SSSR count). The van der Waals surface area contributed by atoms with Crippen molar-refractivity contribution in [3.05, 3.63) is 63.8 Å². The molecule has 0 aliphatic carbocycles. The van der Waals surface area contributed by atoms with Gasteiger partial charge < -0.3 is 15.0 Å². The largest absolute Gasteiger partial charge is 0.382 e. The second-order valence-electron chi connectivity index (χ2n) is 4.65. The molecule has 0 aliphatic rings. The Balaban J connectivity index is 2.20. The molecule has 6 nitrogen and oxygen atoms in total. The standard InChI is InChI=1S/C15H17N3O3/c1-10-7-11(19)8-13(17-10)15(20)18-14(9-21-2)12-5-3-4-6-16-12/h3-8,14H,9H2,1-2H3,(H,17,19)(H,18,20)/t14-/m0/s1. The molecule has 0 saturated heterocycles. The molecule has 0 unspecified atom stereocenters. The Morgan fingerprint density at radius 3 is 2.86 bits per heavy atom. The Kier molecular flexibility index (Phi) is 4.84. The maximum Gasteiger partial charge on any atom is 0.268 e. The Hall–Kier alpha value is -2.47. The van der Waals surface area contributed by atoms with E-state index in [4.69, 9.17) is 4.74 Å². The third-order valence-electron chi connectivity index (χ3n) is 2.91. The third kappa shape index (κ3) is 4.00. The van der Waals surface area contributed by atoms with E-state index in [1.807, 2.05) is 12.1 Å². The fraction of sp³-hybridized carbons (Fsp3) is 0.267. The average Bonchev–Trinajstić information content (AvgIpc) is 2.46. The minimum absolute atomic E-state index is 0.211. The number of rotatable bonds is 5. The number of hydrogen-bond donors (Lipinski definition) is 2. The van der Waals surface area contributed by atoms with Crippen LogP contribution in [-0.4, -0.2) is 29.6 Å². The summed E-state index contributed by atoms with van der Waals surface area (Å²) in [6.07, 6.45) is 1.65. The van der Waals surface area contributed by atoms with Crippen LogP contribution in [0.1, 0.15) is 27.9 Å². The summed E-state index contributed by atoms with van der Waals surface area (Å²) in [5.41, 5.74) is 1.34. The van der Waals surface area contributed by atoms with Crippen molar-refractivity contribution in [1.29, 1.82) is 0 Å². The van der Waals surface area contributed by atoms with Gasteiger partial charge in [0.15, 0.2) is 5.43 Å². The second-order valence-corrected chi connectivity index (χ2v) is 4.65. The van der Waals surface area contributed by atoms with Gasteiger partial charge in [0.1, 0.15) is 5.69 Å². The third-order valence-corrected chi connectivity index (χ3v) is 2.91. The van der Waals surface area contributed by atoms with E-state index in [-0.39, 0.29) is 23.1 Å². The van der Waals surface area contributed by atoms with E-state index >= 15 is 0 Å². The monoisotopic (exact) mass is 287 g/mol. The first kappa shape index (κ1) is 14.9. The van der Waals surface area contributed by atoms with E-state index in [2.05, 4.69) is 15.3 Å². The van der Waals surface area contributed by atoms with E-state index in [0.29, 0.717) is 18.0 Å². The van der Waals surface area contributed by atoms with E-state index in [1.165, 1.54) is 12.1 Å². The van der Waals surface area contributed by atoms with Crippen molar-refractivity contribution in [3.8, 4) is 0 Å². The summed E-state index contributed by atoms with van der Waals surface area (Å²) in [7, 11) is 1.55. The number of carbonyl (C=O) groups is 1. The van der Waals surface area contributed by atoms with Crippen molar-refractivity contribution in [1.82, 2.24) is 15.3 Å². The van der Waals surface area contributed by atoms with Crippen molar-refractivity contribution >= 4 is 5.91 Å². The highest BCUT2D eigenvalue weighted by Crippen LogP contribution is 2.10. The fourth-order valence-electron chi connectivity index (χ4n) is 1.99. The van der Waals surface area contributed by atoms with Crippen molar-refractivity contribution in [3.63, 3.8) is 0 Å². The first-order valence-electron chi connectivity index (χ1n) is 6.52. The molecule has 2 aromatic heterocycles. The number of nitrogens with one attached hydrogen (secondary N) is 2. The van der Waals surface area contributed by atoms with Crippen molar-refractivity contribution < 1.29 is 9.53 Å². The molecule has 2 N–H and O–H groups in total. The van der Waals surface area contributed by atoms with E-state index in [9.17, 15) is 9.59 Å². The molecule has 110 valence electrons. The number of ether oxygens (including phenoxy) is 1. The topological polar surface area (TPSA) is 84.1 Å². The summed E-state index contributed by atoms with van der Waals surface area (Å²) in [5, 5.41) is 2.81. The molecule has 0 radical (unpaired) electrons. The SMILES string of the molecule is COC[C@H](NC(=O)c1cc(=O)cc(C)[nH]1)c1ccccn1. The average molecular weight is 287 g/mol. The molecule has 0 aromatic carbocycles. The zero-order valence-electron chi connectivity index (χ0n) is 11.9. The highest BCUT2D eigenvalue weighted by Gasteiger charge is 2.17. The first-order chi connectivity index (χ1) is 10.1. The van der Waals surface area contributed by atoms with E-state index in [1.54, 1.807) is 26.3 Å². The maximum atomic E-state index is 12.2. The molecule has 2 heterocycles. The van der Waals surface area contributed by atoms with Crippen LogP contribution in [0.5, 0.6) is 0 Å². The molecule has 0 spiro atoms. The molecule has 2 aromatic rings. The van der Waals surface area contributed by atoms with Crippen LogP contribution in [0.25, 0.3) is 0 Å². The number of pyridine rings is 2. The number of nitrogens with zero attached hydrogens (tertiary/aromatic N) is 1. The Labute approximate surface area is 122 Å². The van der Waals surface area contributed by atoms with Crippen LogP contribution in [-0.2, 0) is 4.74 Å². The van der Waals surface area contributed by atoms with Crippen LogP contribution in [0, 0.1) is 6.92 Å². The molecule has 0 fully saturated rings. The van der Waals surface area contributed by atoms with Gasteiger partial charge in [-0.15, -0.1) is 0 Å². The van der Waals surface area contributed by atoms with Gasteiger partial charge in [0.05, 0.1) is 18.3 Å². The zero-order chi connectivity index (χ0) is 15.2. The van der Waals surface area contributed by atoms with Gasteiger partial charge in [-0.1, -0.05) is 6.07 Å². The molecular formula is C15H17N3O3. The second kappa shape index (κ2) is 6.81. The summed E-state index contributed by atoms with van der Waals surface area (Å²) in [4.78, 5) is 30.8. The van der Waals surface area contributed by atoms with E-state index in [0.717, 1.165) is 0 Å². The number of methoxy groups -OCH3 is 1. The quantitative estimate of drug-likeness (QED) is 0.865. The summed E-state index contributed by atoms with van der Waals surface area (Å²) >= 11 is 0. The van der Waals surface area contributed by atoms with Gasteiger partial charge in [0.2, 0.25) is 0 Å². The minimum Gasteiger partial charge on any atom is -0.382 e. The van der Waals surface area contributed by atoms with Gasteiger partial charge in [0, 0.05) is 31.1 Å². The molecule has 6 heteroatoms. The number of aromatic nitrogens is 2. The first-order valence-corrected chi connectivity index (χ1v) is 6.52. The Bertz CT molecular complexity index is 667. The smallest absolute Gasteiger partial charge is 0.268 e. The predicted octanol–water partition coefficient (Wildman–Crippen LogP) is 1.20. The lowest BCUT2D eigenvalue weighted by atomic mass is 10.2. The van der Waals surface area contributed by atoms with Crippen molar-refractivity contribution in [2.24, 2.45) is 0 Å². The van der Waals surface area contributed by atoms with Crippen LogP contribution in [0.2, 0.25) is 0 Å². The van der Waals surface area contributed by atoms with Gasteiger partial charge in [0.25, 0.3) is 5.91 Å². The number of hydrogen-bond acceptors (Lipinski definition) is 4. The van der Waals surface area contributed by atoms with Crippen LogP contribution in [0.4, 0.5) is 0 Å². The normalized spacial score (nSPS) is 11.9. The molecule has 1 atom stereocenters. The zero-order valence-corrected chi connectivity index (χ0v) is 11.9. The number of carbonyl (C=O) groups excluding carboxylic acids is 1. The van der Waals surface area contributed by atoms with Gasteiger partial charge >= 0.3 is 0 Å². The highest BCUT2D eigenvalue weighted by atomic mass is 16.5. The molecule has 1 amide bonds. The summed E-state index contributed by atoms with van der Waals surface area (Å²) in [6, 6.07) is 7.77. The number of amides is 1. The fourth-order valence-corrected chi connectivity index (χ4v) is 1.99. The molecule has 0 aliphatic heterocycles. The lowest BCUT2D eigenvalue weighted by Crippen LogP contribution is -2.33. The summed E-state index contributed by atoms with van der Waals surface area (Å²) < 4.78 is 5.12. The van der Waals surface area contributed by atoms with Gasteiger partial charge in [-0.3, -0.25) is 14.6 Å². The molecular weight excluding hydrogens is 270 g/mol. The summed E-state index contributed by atoms with van der Waals surface area (Å²) in [5.74, 6) is -0.372. The molecule has 21 heavy (non-hydrogen) atoms. The van der Waals surface area contributed by atoms with Crippen LogP contribution < -0.4 is 10.7 Å². The van der Waals surface area contributed by atoms with Gasteiger partial charge in [-0.05, 0) is 19.1 Å². The lowest BCUT2D eigenvalue weighted by molar-refractivity contribution is 0.0889. The predicted molar refractivity (Wildman–Crippen MR) is 78.1 cm³/mol. The number of aromatic amines is 1. The van der Waals surface area contributed by atoms with Crippen molar-refractivity contribution in [2.45, 2.75) is 13.0 Å². The van der Waals surface area contributed by atoms with Gasteiger partial charge in [-0.2, -0.15) is 0 Å². The lowest BCUT2D eigenvalue weighted by Gasteiger charge is -2.17. The Morgan fingerprint density at radius 2 is 2.24 bits per heavy atom. The van der Waals surface area contributed by atoms with Crippen LogP contribution in [0.3, 0.4) is 0 Å². The number of aryl methyl sites for hydroxylation is 1. The van der Waals surface area contributed by atoms with Crippen LogP contribution in [0.15, 0.2) is 41.3 Å². The number of H-pyrrole nitrogens is 1. The van der Waals surface area contributed by atoms with E-state index < -0.39 is 0 Å². The highest BCUT2D eigenvalue weighted by molar-refractivity contribution is 5.92. The van der Waals surface area contributed by atoms with Gasteiger partial charge in [-0.25, -0.2) is 0 Å².